The monoisotopic (exact) mass is 276 g/mol. The van der Waals surface area contributed by atoms with Gasteiger partial charge in [-0.1, -0.05) is 29.5 Å². The third-order valence-corrected chi connectivity index (χ3v) is 3.57. The van der Waals surface area contributed by atoms with Crippen molar-refractivity contribution in [2.24, 2.45) is 0 Å². The van der Waals surface area contributed by atoms with E-state index in [0.29, 0.717) is 5.75 Å². The Kier molecular flexibility index (Phi) is 4.57. The zero-order valence-electron chi connectivity index (χ0n) is 11.0. The highest BCUT2D eigenvalue weighted by Crippen LogP contribution is 2.15. The molecule has 0 unspecified atom stereocenters. The minimum atomic E-state index is -0.0421. The summed E-state index contributed by atoms with van der Waals surface area (Å²) in [7, 11) is 0. The molecule has 5 nitrogen and oxygen atoms in total. The van der Waals surface area contributed by atoms with E-state index >= 15 is 0 Å². The summed E-state index contributed by atoms with van der Waals surface area (Å²) in [6, 6.07) is 7.73. The maximum Gasteiger partial charge on any atom is 0.234 e. The summed E-state index contributed by atoms with van der Waals surface area (Å²) in [5.41, 5.74) is 1.98. The largest absolute Gasteiger partial charge is 0.325 e. The fraction of sp³-hybridized carbons (Fsp3) is 0.308. The van der Waals surface area contributed by atoms with Crippen molar-refractivity contribution in [3.05, 3.63) is 36.2 Å². The van der Waals surface area contributed by atoms with Crippen LogP contribution in [0.3, 0.4) is 0 Å². The van der Waals surface area contributed by atoms with Crippen molar-refractivity contribution in [1.29, 1.82) is 0 Å². The maximum absolute atomic E-state index is 11.8. The SMILES string of the molecule is CCn1cnnc1SCC(=O)Nc1ccc(C)cc1. The van der Waals surface area contributed by atoms with Gasteiger partial charge < -0.3 is 9.88 Å². The van der Waals surface area contributed by atoms with E-state index in [1.54, 1.807) is 6.33 Å². The summed E-state index contributed by atoms with van der Waals surface area (Å²) >= 11 is 1.39. The molecule has 0 aliphatic carbocycles. The molecule has 0 aliphatic rings. The third kappa shape index (κ3) is 3.82. The molecule has 0 bridgehead atoms. The number of hydrogen-bond donors (Lipinski definition) is 1. The van der Waals surface area contributed by atoms with Crippen LogP contribution in [0.2, 0.25) is 0 Å². The van der Waals surface area contributed by atoms with Crippen LogP contribution < -0.4 is 5.32 Å². The van der Waals surface area contributed by atoms with Crippen LogP contribution in [-0.4, -0.2) is 26.4 Å². The van der Waals surface area contributed by atoms with Gasteiger partial charge in [0, 0.05) is 12.2 Å². The molecule has 0 atom stereocenters. The van der Waals surface area contributed by atoms with Crippen LogP contribution in [0.25, 0.3) is 0 Å². The number of hydrogen-bond acceptors (Lipinski definition) is 4. The Bertz CT molecular complexity index is 550. The lowest BCUT2D eigenvalue weighted by Crippen LogP contribution is -2.14. The number of benzene rings is 1. The van der Waals surface area contributed by atoms with Crippen molar-refractivity contribution < 1.29 is 4.79 Å². The second-order valence-corrected chi connectivity index (χ2v) is 5.04. The van der Waals surface area contributed by atoms with Crippen LogP contribution in [0.1, 0.15) is 12.5 Å². The molecule has 0 aliphatic heterocycles. The average Bonchev–Trinajstić information content (AvgIpc) is 2.86. The molecule has 1 aromatic carbocycles. The number of nitrogens with one attached hydrogen (secondary N) is 1. The molecule has 0 saturated heterocycles. The van der Waals surface area contributed by atoms with Crippen LogP contribution in [0, 0.1) is 6.92 Å². The van der Waals surface area contributed by atoms with Gasteiger partial charge in [-0.25, -0.2) is 0 Å². The van der Waals surface area contributed by atoms with Gasteiger partial charge in [0.1, 0.15) is 6.33 Å². The van der Waals surface area contributed by atoms with Crippen molar-refractivity contribution in [3.8, 4) is 0 Å². The summed E-state index contributed by atoms with van der Waals surface area (Å²) in [5, 5.41) is 11.4. The molecule has 1 N–H and O–H groups in total. The fourth-order valence-electron chi connectivity index (χ4n) is 1.54. The molecule has 0 radical (unpaired) electrons. The molecule has 6 heteroatoms. The summed E-state index contributed by atoms with van der Waals surface area (Å²) in [6.07, 6.45) is 1.67. The van der Waals surface area contributed by atoms with Crippen molar-refractivity contribution in [2.75, 3.05) is 11.1 Å². The van der Waals surface area contributed by atoms with E-state index < -0.39 is 0 Å². The molecular formula is C13H16N4OS. The number of anilines is 1. The van der Waals surface area contributed by atoms with Gasteiger partial charge in [0.2, 0.25) is 5.91 Å². The highest BCUT2D eigenvalue weighted by atomic mass is 32.2. The number of carbonyl (C=O) groups is 1. The van der Waals surface area contributed by atoms with Gasteiger partial charge >= 0.3 is 0 Å². The van der Waals surface area contributed by atoms with Crippen molar-refractivity contribution in [2.45, 2.75) is 25.5 Å². The van der Waals surface area contributed by atoms with Gasteiger partial charge in [-0.05, 0) is 26.0 Å². The number of aryl methyl sites for hydroxylation is 2. The lowest BCUT2D eigenvalue weighted by atomic mass is 10.2. The van der Waals surface area contributed by atoms with Gasteiger partial charge in [-0.15, -0.1) is 10.2 Å². The number of carbonyl (C=O) groups excluding carboxylic acids is 1. The topological polar surface area (TPSA) is 59.8 Å². The first-order valence-electron chi connectivity index (χ1n) is 6.06. The van der Waals surface area contributed by atoms with Crippen molar-refractivity contribution in [1.82, 2.24) is 14.8 Å². The maximum atomic E-state index is 11.8. The molecule has 0 spiro atoms. The highest BCUT2D eigenvalue weighted by Gasteiger charge is 2.08. The van der Waals surface area contributed by atoms with Crippen LogP contribution in [0.5, 0.6) is 0 Å². The zero-order valence-corrected chi connectivity index (χ0v) is 11.8. The molecule has 0 saturated carbocycles. The molecule has 1 amide bonds. The smallest absolute Gasteiger partial charge is 0.234 e. The standard InChI is InChI=1S/C13H16N4OS/c1-3-17-9-14-16-13(17)19-8-12(18)15-11-6-4-10(2)5-7-11/h4-7,9H,3,8H2,1-2H3,(H,15,18). The van der Waals surface area contributed by atoms with Crippen LogP contribution >= 0.6 is 11.8 Å². The average molecular weight is 276 g/mol. The number of rotatable bonds is 5. The second kappa shape index (κ2) is 6.38. The van der Waals surface area contributed by atoms with E-state index in [1.807, 2.05) is 42.7 Å². The number of amides is 1. The molecule has 0 fully saturated rings. The summed E-state index contributed by atoms with van der Waals surface area (Å²) in [5.74, 6) is 0.284. The van der Waals surface area contributed by atoms with Gasteiger partial charge in [0.25, 0.3) is 0 Å². The van der Waals surface area contributed by atoms with Crippen LogP contribution in [0.4, 0.5) is 5.69 Å². The van der Waals surface area contributed by atoms with Gasteiger partial charge in [-0.2, -0.15) is 0 Å². The van der Waals surface area contributed by atoms with Crippen LogP contribution in [-0.2, 0) is 11.3 Å². The zero-order chi connectivity index (χ0) is 13.7. The van der Waals surface area contributed by atoms with E-state index in [1.165, 1.54) is 17.3 Å². The molecule has 19 heavy (non-hydrogen) atoms. The first kappa shape index (κ1) is 13.6. The molecular weight excluding hydrogens is 260 g/mol. The Balaban J connectivity index is 1.86. The highest BCUT2D eigenvalue weighted by molar-refractivity contribution is 7.99. The first-order chi connectivity index (χ1) is 9.19. The van der Waals surface area contributed by atoms with Gasteiger partial charge in [0.05, 0.1) is 5.75 Å². The Labute approximate surface area is 116 Å². The Morgan fingerprint density at radius 3 is 2.79 bits per heavy atom. The molecule has 100 valence electrons. The molecule has 1 aromatic heterocycles. The molecule has 2 aromatic rings. The molecule has 1 heterocycles. The Morgan fingerprint density at radius 1 is 1.37 bits per heavy atom. The predicted molar refractivity (Wildman–Crippen MR) is 76.2 cm³/mol. The number of nitrogens with zero attached hydrogens (tertiary/aromatic N) is 3. The second-order valence-electron chi connectivity index (χ2n) is 4.10. The summed E-state index contributed by atoms with van der Waals surface area (Å²) in [6.45, 7) is 4.83. The minimum absolute atomic E-state index is 0.0421. The normalized spacial score (nSPS) is 10.4. The Morgan fingerprint density at radius 2 is 2.11 bits per heavy atom. The lowest BCUT2D eigenvalue weighted by molar-refractivity contribution is -0.113. The van der Waals surface area contributed by atoms with Gasteiger partial charge in [0.15, 0.2) is 5.16 Å². The first-order valence-corrected chi connectivity index (χ1v) is 7.04. The lowest BCUT2D eigenvalue weighted by Gasteiger charge is -2.05. The predicted octanol–water partition coefficient (Wildman–Crippen LogP) is 2.34. The minimum Gasteiger partial charge on any atom is -0.325 e. The van der Waals surface area contributed by atoms with E-state index in [2.05, 4.69) is 15.5 Å². The fourth-order valence-corrected chi connectivity index (χ4v) is 2.32. The van der Waals surface area contributed by atoms with Crippen molar-refractivity contribution in [3.63, 3.8) is 0 Å². The summed E-state index contributed by atoms with van der Waals surface area (Å²) in [4.78, 5) is 11.8. The number of aromatic nitrogens is 3. The summed E-state index contributed by atoms with van der Waals surface area (Å²) < 4.78 is 1.91. The van der Waals surface area contributed by atoms with E-state index in [9.17, 15) is 4.79 Å². The Hall–Kier alpha value is -1.82. The van der Waals surface area contributed by atoms with Crippen molar-refractivity contribution >= 4 is 23.4 Å². The van der Waals surface area contributed by atoms with E-state index in [-0.39, 0.29) is 5.91 Å². The number of thioether (sulfide) groups is 1. The molecule has 2 rings (SSSR count). The van der Waals surface area contributed by atoms with E-state index in [4.69, 9.17) is 0 Å². The van der Waals surface area contributed by atoms with Gasteiger partial charge in [-0.3, -0.25) is 4.79 Å². The third-order valence-electron chi connectivity index (χ3n) is 2.59. The van der Waals surface area contributed by atoms with Crippen LogP contribution in [0.15, 0.2) is 35.7 Å². The van der Waals surface area contributed by atoms with E-state index in [0.717, 1.165) is 17.4 Å². The quantitative estimate of drug-likeness (QED) is 0.852.